The van der Waals surface area contributed by atoms with Crippen molar-refractivity contribution in [3.63, 3.8) is 0 Å². The van der Waals surface area contributed by atoms with Crippen LogP contribution in [-0.2, 0) is 16.0 Å². The van der Waals surface area contributed by atoms with Gasteiger partial charge in [-0.05, 0) is 43.7 Å². The molecule has 1 aromatic carbocycles. The highest BCUT2D eigenvalue weighted by atomic mass is 16.5. The summed E-state index contributed by atoms with van der Waals surface area (Å²) in [6.07, 6.45) is 4.76. The van der Waals surface area contributed by atoms with Crippen LogP contribution in [0, 0.1) is 11.3 Å². The van der Waals surface area contributed by atoms with E-state index in [2.05, 4.69) is 12.2 Å². The molecule has 3 aliphatic heterocycles. The van der Waals surface area contributed by atoms with E-state index in [0.717, 1.165) is 56.4 Å². The van der Waals surface area contributed by atoms with Gasteiger partial charge in [0.25, 0.3) is 0 Å². The summed E-state index contributed by atoms with van der Waals surface area (Å²) in [5, 5.41) is 3.09. The molecule has 28 heavy (non-hydrogen) atoms. The molecule has 3 amide bonds. The molecule has 0 bridgehead atoms. The van der Waals surface area contributed by atoms with Crippen molar-refractivity contribution < 1.29 is 14.3 Å². The molecular weight excluding hydrogens is 354 g/mol. The first kappa shape index (κ1) is 19.2. The number of carbonyl (C=O) groups excluding carboxylic acids is 2. The second-order valence-corrected chi connectivity index (χ2v) is 8.38. The Morgan fingerprint density at radius 3 is 2.57 bits per heavy atom. The van der Waals surface area contributed by atoms with Crippen molar-refractivity contribution in [3.8, 4) is 0 Å². The molecule has 1 spiro atoms. The molecule has 0 aliphatic carbocycles. The Morgan fingerprint density at radius 2 is 1.86 bits per heavy atom. The van der Waals surface area contributed by atoms with E-state index in [1.165, 1.54) is 0 Å². The normalized spacial score (nSPS) is 24.0. The number of aryl methyl sites for hydroxylation is 1. The van der Waals surface area contributed by atoms with E-state index in [4.69, 9.17) is 4.74 Å². The number of likely N-dealkylation sites (tertiary alicyclic amines) is 2. The Morgan fingerprint density at radius 1 is 1.14 bits per heavy atom. The number of benzene rings is 1. The smallest absolute Gasteiger partial charge is 0.321 e. The van der Waals surface area contributed by atoms with Crippen LogP contribution in [-0.4, -0.2) is 61.1 Å². The highest BCUT2D eigenvalue weighted by Gasteiger charge is 2.52. The van der Waals surface area contributed by atoms with E-state index < -0.39 is 0 Å². The summed E-state index contributed by atoms with van der Waals surface area (Å²) in [5.41, 5.74) is 1.85. The Labute approximate surface area is 167 Å². The largest absolute Gasteiger partial charge is 0.381 e. The van der Waals surface area contributed by atoms with Crippen LogP contribution in [0.25, 0.3) is 0 Å². The fourth-order valence-electron chi connectivity index (χ4n) is 5.05. The van der Waals surface area contributed by atoms with Crippen LogP contribution < -0.4 is 5.32 Å². The topological polar surface area (TPSA) is 61.9 Å². The number of ether oxygens (including phenoxy) is 1. The van der Waals surface area contributed by atoms with Crippen LogP contribution in [0.2, 0.25) is 0 Å². The minimum atomic E-state index is -0.139. The lowest BCUT2D eigenvalue weighted by Gasteiger charge is -2.38. The maximum Gasteiger partial charge on any atom is 0.321 e. The van der Waals surface area contributed by atoms with Gasteiger partial charge in [0.2, 0.25) is 5.91 Å². The third kappa shape index (κ3) is 3.62. The van der Waals surface area contributed by atoms with Gasteiger partial charge in [-0.25, -0.2) is 4.79 Å². The quantitative estimate of drug-likeness (QED) is 0.870. The molecule has 0 aromatic heterocycles. The van der Waals surface area contributed by atoms with Crippen LogP contribution in [0.5, 0.6) is 0 Å². The molecular formula is C22H31N3O3. The zero-order valence-corrected chi connectivity index (χ0v) is 16.8. The lowest BCUT2D eigenvalue weighted by molar-refractivity contribution is -0.139. The number of nitrogens with one attached hydrogen (secondary N) is 1. The van der Waals surface area contributed by atoms with E-state index in [-0.39, 0.29) is 23.3 Å². The number of carbonyl (C=O) groups is 2. The van der Waals surface area contributed by atoms with Crippen molar-refractivity contribution in [2.75, 3.05) is 44.7 Å². The number of anilines is 1. The van der Waals surface area contributed by atoms with Gasteiger partial charge in [-0.2, -0.15) is 0 Å². The molecule has 1 aromatic rings. The molecule has 3 saturated heterocycles. The summed E-state index contributed by atoms with van der Waals surface area (Å²) in [5.74, 6) is 0.130. The second kappa shape index (κ2) is 8.11. The molecule has 6 nitrogen and oxygen atoms in total. The first-order valence-electron chi connectivity index (χ1n) is 10.6. The van der Waals surface area contributed by atoms with Crippen molar-refractivity contribution in [1.29, 1.82) is 0 Å². The van der Waals surface area contributed by atoms with Crippen molar-refractivity contribution in [2.24, 2.45) is 11.3 Å². The minimum Gasteiger partial charge on any atom is -0.381 e. The molecule has 3 fully saturated rings. The number of nitrogens with zero attached hydrogens (tertiary/aromatic N) is 2. The fraction of sp³-hybridized carbons (Fsp3) is 0.636. The number of rotatable bonds is 3. The van der Waals surface area contributed by atoms with Crippen molar-refractivity contribution in [1.82, 2.24) is 9.80 Å². The molecule has 1 atom stereocenters. The Kier molecular flexibility index (Phi) is 5.58. The zero-order chi connectivity index (χ0) is 19.6. The van der Waals surface area contributed by atoms with E-state index in [9.17, 15) is 9.59 Å². The summed E-state index contributed by atoms with van der Waals surface area (Å²) in [7, 11) is 0. The van der Waals surface area contributed by atoms with Crippen molar-refractivity contribution >= 4 is 17.6 Å². The average molecular weight is 386 g/mol. The van der Waals surface area contributed by atoms with Gasteiger partial charge in [0.05, 0.1) is 5.92 Å². The van der Waals surface area contributed by atoms with E-state index in [0.29, 0.717) is 26.3 Å². The average Bonchev–Trinajstić information content (AvgIpc) is 3.37. The SMILES string of the molecule is CCc1ccccc1NC(=O)N1CC(C(=O)N2CCCC2)C2(CCOCC2)C1. The standard InChI is InChI=1S/C22H31N3O3/c1-2-17-7-3-4-8-19(17)23-21(27)25-15-18(20(26)24-11-5-6-12-24)22(16-25)9-13-28-14-10-22/h3-4,7-8,18H,2,5-6,9-16H2,1H3,(H,23,27). The molecule has 3 aliphatic rings. The maximum atomic E-state index is 13.3. The monoisotopic (exact) mass is 385 g/mol. The molecule has 0 radical (unpaired) electrons. The maximum absolute atomic E-state index is 13.3. The molecule has 152 valence electrons. The molecule has 1 unspecified atom stereocenters. The Hall–Kier alpha value is -2.08. The molecule has 0 saturated carbocycles. The van der Waals surface area contributed by atoms with E-state index >= 15 is 0 Å². The third-order valence-corrected chi connectivity index (χ3v) is 6.78. The number of hydrogen-bond donors (Lipinski definition) is 1. The lowest BCUT2D eigenvalue weighted by Crippen LogP contribution is -2.45. The van der Waals surface area contributed by atoms with E-state index in [1.807, 2.05) is 34.1 Å². The molecule has 1 N–H and O–H groups in total. The predicted molar refractivity (Wildman–Crippen MR) is 108 cm³/mol. The summed E-state index contributed by atoms with van der Waals surface area (Å²) in [6.45, 7) is 6.31. The van der Waals surface area contributed by atoms with Gasteiger partial charge in [-0.1, -0.05) is 25.1 Å². The van der Waals surface area contributed by atoms with Gasteiger partial charge in [0.15, 0.2) is 0 Å². The minimum absolute atomic E-state index is 0.0940. The molecule has 4 rings (SSSR count). The molecule has 6 heteroatoms. The van der Waals surface area contributed by atoms with E-state index in [1.54, 1.807) is 0 Å². The summed E-state index contributed by atoms with van der Waals surface area (Å²) < 4.78 is 5.59. The lowest BCUT2D eigenvalue weighted by atomic mass is 9.71. The first-order chi connectivity index (χ1) is 13.6. The Balaban J connectivity index is 1.52. The van der Waals surface area contributed by atoms with Crippen LogP contribution in [0.3, 0.4) is 0 Å². The highest BCUT2D eigenvalue weighted by molar-refractivity contribution is 5.91. The number of hydrogen-bond acceptors (Lipinski definition) is 3. The van der Waals surface area contributed by atoms with Crippen LogP contribution >= 0.6 is 0 Å². The Bertz CT molecular complexity index is 723. The van der Waals surface area contributed by atoms with Gasteiger partial charge in [-0.3, -0.25) is 4.79 Å². The summed E-state index contributed by atoms with van der Waals surface area (Å²) >= 11 is 0. The van der Waals surface area contributed by atoms with Gasteiger partial charge >= 0.3 is 6.03 Å². The van der Waals surface area contributed by atoms with Gasteiger partial charge in [0, 0.05) is 50.5 Å². The first-order valence-corrected chi connectivity index (χ1v) is 10.6. The number of amides is 3. The van der Waals surface area contributed by atoms with Crippen molar-refractivity contribution in [3.05, 3.63) is 29.8 Å². The molecule has 3 heterocycles. The van der Waals surface area contributed by atoms with Crippen LogP contribution in [0.15, 0.2) is 24.3 Å². The van der Waals surface area contributed by atoms with Crippen molar-refractivity contribution in [2.45, 2.75) is 39.0 Å². The van der Waals surface area contributed by atoms with Gasteiger partial charge in [-0.15, -0.1) is 0 Å². The predicted octanol–water partition coefficient (Wildman–Crippen LogP) is 3.13. The second-order valence-electron chi connectivity index (χ2n) is 8.38. The number of para-hydroxylation sites is 1. The highest BCUT2D eigenvalue weighted by Crippen LogP contribution is 2.45. The van der Waals surface area contributed by atoms with Gasteiger partial charge in [0.1, 0.15) is 0 Å². The third-order valence-electron chi connectivity index (χ3n) is 6.78. The van der Waals surface area contributed by atoms with Crippen LogP contribution in [0.1, 0.15) is 38.2 Å². The number of urea groups is 1. The zero-order valence-electron chi connectivity index (χ0n) is 16.8. The summed E-state index contributed by atoms with van der Waals surface area (Å²) in [6, 6.07) is 7.83. The van der Waals surface area contributed by atoms with Crippen LogP contribution in [0.4, 0.5) is 10.5 Å². The summed E-state index contributed by atoms with van der Waals surface area (Å²) in [4.78, 5) is 30.2. The fourth-order valence-corrected chi connectivity index (χ4v) is 5.05. The van der Waals surface area contributed by atoms with Gasteiger partial charge < -0.3 is 19.9 Å².